The number of piperidine rings is 1. The van der Waals surface area contributed by atoms with Crippen LogP contribution >= 0.6 is 0 Å². The SMILES string of the molecule is C[C@@H]1CN(CC2=NCCC=N2)C[C@H]1c1nn2c(C3CCNCC3)ncc2c(=O)[nH]1. The van der Waals surface area contributed by atoms with Crippen molar-refractivity contribution in [3.8, 4) is 0 Å². The fourth-order valence-electron chi connectivity index (χ4n) is 4.76. The molecule has 5 heterocycles. The number of fused-ring (bicyclic) bond motifs is 1. The van der Waals surface area contributed by atoms with Crippen molar-refractivity contribution in [2.24, 2.45) is 15.9 Å². The number of nitrogens with zero attached hydrogens (tertiary/aromatic N) is 6. The maximum atomic E-state index is 12.7. The van der Waals surface area contributed by atoms with Crippen molar-refractivity contribution in [1.82, 2.24) is 29.8 Å². The van der Waals surface area contributed by atoms with Gasteiger partial charge in [-0.15, -0.1) is 0 Å². The molecule has 0 aliphatic carbocycles. The molecule has 2 fully saturated rings. The topological polar surface area (TPSA) is 103 Å². The van der Waals surface area contributed by atoms with Gasteiger partial charge in [0.05, 0.1) is 12.7 Å². The first-order chi connectivity index (χ1) is 14.2. The van der Waals surface area contributed by atoms with Crippen LogP contribution in [0.4, 0.5) is 0 Å². The van der Waals surface area contributed by atoms with Gasteiger partial charge in [0.1, 0.15) is 17.5 Å². The fourth-order valence-corrected chi connectivity index (χ4v) is 4.76. The summed E-state index contributed by atoms with van der Waals surface area (Å²) in [7, 11) is 0. The normalized spacial score (nSPS) is 26.3. The molecule has 0 spiro atoms. The Bertz CT molecular complexity index is 1000. The quantitative estimate of drug-likeness (QED) is 0.795. The van der Waals surface area contributed by atoms with Gasteiger partial charge >= 0.3 is 0 Å². The van der Waals surface area contributed by atoms with E-state index in [1.54, 1.807) is 10.7 Å². The summed E-state index contributed by atoms with van der Waals surface area (Å²) in [6, 6.07) is 0. The number of rotatable bonds is 4. The van der Waals surface area contributed by atoms with E-state index < -0.39 is 0 Å². The average Bonchev–Trinajstić information content (AvgIpc) is 3.33. The molecule has 0 unspecified atom stereocenters. The second-order valence-electron chi connectivity index (χ2n) is 8.45. The van der Waals surface area contributed by atoms with Gasteiger partial charge in [-0.2, -0.15) is 5.10 Å². The molecule has 5 rings (SSSR count). The summed E-state index contributed by atoms with van der Waals surface area (Å²) in [4.78, 5) is 31.6. The Morgan fingerprint density at radius 1 is 1.24 bits per heavy atom. The Morgan fingerprint density at radius 3 is 2.90 bits per heavy atom. The molecule has 0 saturated carbocycles. The molecule has 0 amide bonds. The summed E-state index contributed by atoms with van der Waals surface area (Å²) in [6.45, 7) is 7.58. The fraction of sp³-hybridized carbons (Fsp3) is 0.650. The Kier molecular flexibility index (Phi) is 5.01. The second kappa shape index (κ2) is 7.79. The van der Waals surface area contributed by atoms with E-state index in [1.165, 1.54) is 0 Å². The largest absolute Gasteiger partial charge is 0.317 e. The Labute approximate surface area is 169 Å². The standard InChI is InChI=1S/C20H28N8O/c1-13-10-27(12-17-22-5-2-6-23-17)11-15(13)18-25-20(29)16-9-24-19(28(16)26-18)14-3-7-21-8-4-14/h5,9,13-15,21H,2-4,6-8,10-12H2,1H3,(H,25,26,29)/t13-,15-/m1/s1. The summed E-state index contributed by atoms with van der Waals surface area (Å²) >= 11 is 0. The van der Waals surface area contributed by atoms with Crippen molar-refractivity contribution < 1.29 is 0 Å². The highest BCUT2D eigenvalue weighted by Gasteiger charge is 2.34. The zero-order chi connectivity index (χ0) is 19.8. The lowest BCUT2D eigenvalue weighted by Gasteiger charge is -2.21. The minimum absolute atomic E-state index is 0.102. The van der Waals surface area contributed by atoms with Crippen molar-refractivity contribution in [2.75, 3.05) is 39.3 Å². The predicted octanol–water partition coefficient (Wildman–Crippen LogP) is 0.793. The number of aliphatic imine (C=N–C) groups is 2. The lowest BCUT2D eigenvalue weighted by Crippen LogP contribution is -2.29. The van der Waals surface area contributed by atoms with E-state index in [-0.39, 0.29) is 11.5 Å². The van der Waals surface area contributed by atoms with Crippen molar-refractivity contribution in [1.29, 1.82) is 0 Å². The number of H-pyrrole nitrogens is 1. The molecule has 9 heteroatoms. The zero-order valence-electron chi connectivity index (χ0n) is 16.8. The van der Waals surface area contributed by atoms with Crippen LogP contribution in [0.15, 0.2) is 21.0 Å². The van der Waals surface area contributed by atoms with E-state index in [9.17, 15) is 4.79 Å². The Morgan fingerprint density at radius 2 is 2.10 bits per heavy atom. The van der Waals surface area contributed by atoms with E-state index in [1.807, 2.05) is 6.21 Å². The van der Waals surface area contributed by atoms with Crippen LogP contribution in [-0.4, -0.2) is 75.8 Å². The molecule has 0 bridgehead atoms. The third-order valence-corrected chi connectivity index (χ3v) is 6.35. The number of hydrogen-bond donors (Lipinski definition) is 2. The van der Waals surface area contributed by atoms with E-state index >= 15 is 0 Å². The smallest absolute Gasteiger partial charge is 0.276 e. The molecular weight excluding hydrogens is 368 g/mol. The number of amidine groups is 1. The molecule has 0 radical (unpaired) electrons. The van der Waals surface area contributed by atoms with Gasteiger partial charge in [-0.3, -0.25) is 14.7 Å². The first kappa shape index (κ1) is 18.6. The molecular formula is C20H28N8O. The first-order valence-electron chi connectivity index (χ1n) is 10.7. The number of nitrogens with one attached hydrogen (secondary N) is 2. The Hall–Kier alpha value is -2.39. The molecule has 9 nitrogen and oxygen atoms in total. The van der Waals surface area contributed by atoms with Crippen molar-refractivity contribution >= 4 is 17.6 Å². The number of likely N-dealkylation sites (tertiary alicyclic amines) is 1. The minimum atomic E-state index is -0.102. The highest BCUT2D eigenvalue weighted by atomic mass is 16.1. The molecule has 29 heavy (non-hydrogen) atoms. The Balaban J connectivity index is 1.41. The highest BCUT2D eigenvalue weighted by molar-refractivity contribution is 5.92. The van der Waals surface area contributed by atoms with E-state index in [0.717, 1.165) is 76.0 Å². The van der Waals surface area contributed by atoms with Crippen LogP contribution in [0.3, 0.4) is 0 Å². The maximum Gasteiger partial charge on any atom is 0.276 e. The molecule has 2 saturated heterocycles. The van der Waals surface area contributed by atoms with Crippen molar-refractivity contribution in [2.45, 2.75) is 38.0 Å². The van der Waals surface area contributed by atoms with Crippen LogP contribution in [0, 0.1) is 5.92 Å². The molecule has 2 aromatic rings. The highest BCUT2D eigenvalue weighted by Crippen LogP contribution is 2.30. The first-order valence-corrected chi connectivity index (χ1v) is 10.7. The summed E-state index contributed by atoms with van der Waals surface area (Å²) in [6.07, 6.45) is 6.60. The third-order valence-electron chi connectivity index (χ3n) is 6.35. The van der Waals surface area contributed by atoms with Crippen LogP contribution in [0.2, 0.25) is 0 Å². The molecule has 2 aromatic heterocycles. The number of aromatic amines is 1. The second-order valence-corrected chi connectivity index (χ2v) is 8.45. The van der Waals surface area contributed by atoms with E-state index in [4.69, 9.17) is 5.10 Å². The zero-order valence-corrected chi connectivity index (χ0v) is 16.8. The summed E-state index contributed by atoms with van der Waals surface area (Å²) in [5, 5.41) is 8.26. The van der Waals surface area contributed by atoms with Gasteiger partial charge in [-0.05, 0) is 31.8 Å². The van der Waals surface area contributed by atoms with Crippen LogP contribution in [0.1, 0.15) is 49.7 Å². The molecule has 154 valence electrons. The van der Waals surface area contributed by atoms with Crippen LogP contribution in [0.25, 0.3) is 5.52 Å². The van der Waals surface area contributed by atoms with Gasteiger partial charge in [0.2, 0.25) is 0 Å². The third kappa shape index (κ3) is 3.64. The van der Waals surface area contributed by atoms with E-state index in [2.05, 4.69) is 37.1 Å². The van der Waals surface area contributed by atoms with Crippen LogP contribution in [-0.2, 0) is 0 Å². The summed E-state index contributed by atoms with van der Waals surface area (Å²) in [5.41, 5.74) is 0.435. The lowest BCUT2D eigenvalue weighted by molar-refractivity contribution is 0.371. The maximum absolute atomic E-state index is 12.7. The summed E-state index contributed by atoms with van der Waals surface area (Å²) in [5.74, 6) is 3.52. The van der Waals surface area contributed by atoms with Gasteiger partial charge in [0, 0.05) is 44.1 Å². The van der Waals surface area contributed by atoms with Crippen molar-refractivity contribution in [3.63, 3.8) is 0 Å². The molecule has 2 N–H and O–H groups in total. The van der Waals surface area contributed by atoms with Gasteiger partial charge in [-0.25, -0.2) is 14.5 Å². The number of hydrogen-bond acceptors (Lipinski definition) is 7. The monoisotopic (exact) mass is 396 g/mol. The molecule has 3 aliphatic rings. The summed E-state index contributed by atoms with van der Waals surface area (Å²) < 4.78 is 1.80. The predicted molar refractivity (Wildman–Crippen MR) is 112 cm³/mol. The number of imidazole rings is 1. The lowest BCUT2D eigenvalue weighted by atomic mass is 9.97. The van der Waals surface area contributed by atoms with E-state index in [0.29, 0.717) is 17.4 Å². The van der Waals surface area contributed by atoms with Gasteiger partial charge in [0.25, 0.3) is 5.56 Å². The van der Waals surface area contributed by atoms with Crippen molar-refractivity contribution in [3.05, 3.63) is 28.2 Å². The molecule has 0 aromatic carbocycles. The molecule has 3 aliphatic heterocycles. The van der Waals surface area contributed by atoms with Crippen LogP contribution < -0.4 is 10.9 Å². The van der Waals surface area contributed by atoms with Gasteiger partial charge < -0.3 is 10.3 Å². The van der Waals surface area contributed by atoms with Crippen LogP contribution in [0.5, 0.6) is 0 Å². The average molecular weight is 396 g/mol. The van der Waals surface area contributed by atoms with Gasteiger partial charge in [0.15, 0.2) is 5.52 Å². The number of aromatic nitrogens is 4. The van der Waals surface area contributed by atoms with Gasteiger partial charge in [-0.1, -0.05) is 6.92 Å². The molecule has 2 atom stereocenters. The minimum Gasteiger partial charge on any atom is -0.317 e.